The van der Waals surface area contributed by atoms with E-state index in [1.54, 1.807) is 23.1 Å². The topological polar surface area (TPSA) is 49.4 Å². The van der Waals surface area contributed by atoms with Gasteiger partial charge in [0.05, 0.1) is 5.75 Å². The molecule has 196 valence electrons. The maximum atomic E-state index is 13.7. The standard InChI is InChI=1S/C30H34Cl2N2O2S/c1-21(2)17-33-30(36)28(16-23-10-5-4-6-11-23)34(18-25-26(31)13-8-14-27(25)32)29(35)20-37-19-24-12-7-9-22(3)15-24/h4-15,21,28H,16-20H2,1-3H3,(H,33,36)/t28-/m1/s1. The van der Waals surface area contributed by atoms with Crippen molar-refractivity contribution in [1.82, 2.24) is 10.2 Å². The first-order valence-electron chi connectivity index (χ1n) is 12.4. The molecular formula is C30H34Cl2N2O2S. The van der Waals surface area contributed by atoms with Gasteiger partial charge in [-0.05, 0) is 36.1 Å². The van der Waals surface area contributed by atoms with E-state index in [0.717, 1.165) is 11.1 Å². The van der Waals surface area contributed by atoms with E-state index in [0.29, 0.717) is 34.3 Å². The van der Waals surface area contributed by atoms with Crippen LogP contribution in [0.4, 0.5) is 0 Å². The summed E-state index contributed by atoms with van der Waals surface area (Å²) in [5, 5.41) is 3.98. The first-order chi connectivity index (χ1) is 17.7. The Labute approximate surface area is 234 Å². The summed E-state index contributed by atoms with van der Waals surface area (Å²) in [6, 6.07) is 22.6. The molecular weight excluding hydrogens is 523 g/mol. The minimum absolute atomic E-state index is 0.130. The Morgan fingerprint density at radius 3 is 2.22 bits per heavy atom. The van der Waals surface area contributed by atoms with E-state index in [1.807, 2.05) is 50.2 Å². The summed E-state index contributed by atoms with van der Waals surface area (Å²) >= 11 is 14.5. The molecule has 0 radical (unpaired) electrons. The number of nitrogens with one attached hydrogen (secondary N) is 1. The SMILES string of the molecule is Cc1cccc(CSCC(=O)N(Cc2c(Cl)cccc2Cl)[C@H](Cc2ccccc2)C(=O)NCC(C)C)c1. The Kier molecular flexibility index (Phi) is 11.4. The minimum Gasteiger partial charge on any atom is -0.354 e. The van der Waals surface area contributed by atoms with Crippen LogP contribution in [0, 0.1) is 12.8 Å². The van der Waals surface area contributed by atoms with Gasteiger partial charge in [0, 0.05) is 40.9 Å². The zero-order valence-electron chi connectivity index (χ0n) is 21.5. The molecule has 3 aromatic carbocycles. The number of carbonyl (C=O) groups excluding carboxylic acids is 2. The van der Waals surface area contributed by atoms with Crippen molar-refractivity contribution in [1.29, 1.82) is 0 Å². The van der Waals surface area contributed by atoms with Crippen molar-refractivity contribution >= 4 is 46.8 Å². The zero-order chi connectivity index (χ0) is 26.8. The molecule has 3 rings (SSSR count). The lowest BCUT2D eigenvalue weighted by Crippen LogP contribution is -2.51. The van der Waals surface area contributed by atoms with Gasteiger partial charge in [0.1, 0.15) is 6.04 Å². The third-order valence-corrected chi connectivity index (χ3v) is 7.62. The van der Waals surface area contributed by atoms with E-state index in [9.17, 15) is 9.59 Å². The van der Waals surface area contributed by atoms with Gasteiger partial charge < -0.3 is 10.2 Å². The average molecular weight is 558 g/mol. The predicted octanol–water partition coefficient (Wildman–Crippen LogP) is 6.95. The summed E-state index contributed by atoms with van der Waals surface area (Å²) in [5.74, 6) is 0.913. The number of amides is 2. The lowest BCUT2D eigenvalue weighted by molar-refractivity contribution is -0.139. The molecule has 0 heterocycles. The van der Waals surface area contributed by atoms with Crippen LogP contribution in [0.2, 0.25) is 10.0 Å². The van der Waals surface area contributed by atoms with Crippen LogP contribution in [0.3, 0.4) is 0 Å². The summed E-state index contributed by atoms with van der Waals surface area (Å²) in [6.07, 6.45) is 0.390. The number of benzene rings is 3. The minimum atomic E-state index is -0.708. The number of nitrogens with zero attached hydrogens (tertiary/aromatic N) is 1. The normalized spacial score (nSPS) is 11.8. The largest absolute Gasteiger partial charge is 0.354 e. The fourth-order valence-corrected chi connectivity index (χ4v) is 5.35. The van der Waals surface area contributed by atoms with Gasteiger partial charge in [0.2, 0.25) is 11.8 Å². The Morgan fingerprint density at radius 2 is 1.57 bits per heavy atom. The van der Waals surface area contributed by atoms with Gasteiger partial charge in [-0.1, -0.05) is 103 Å². The molecule has 1 N–H and O–H groups in total. The van der Waals surface area contributed by atoms with Gasteiger partial charge in [-0.2, -0.15) is 0 Å². The van der Waals surface area contributed by atoms with E-state index in [1.165, 1.54) is 17.3 Å². The van der Waals surface area contributed by atoms with Crippen molar-refractivity contribution in [2.45, 2.75) is 45.5 Å². The molecule has 0 spiro atoms. The first kappa shape index (κ1) is 29.1. The molecule has 0 unspecified atom stereocenters. The monoisotopic (exact) mass is 556 g/mol. The van der Waals surface area contributed by atoms with Crippen LogP contribution in [-0.2, 0) is 28.3 Å². The third kappa shape index (κ3) is 9.10. The number of hydrogen-bond donors (Lipinski definition) is 1. The molecule has 0 aromatic heterocycles. The lowest BCUT2D eigenvalue weighted by Gasteiger charge is -2.32. The number of thioether (sulfide) groups is 1. The number of carbonyl (C=O) groups is 2. The maximum Gasteiger partial charge on any atom is 0.243 e. The fraction of sp³-hybridized carbons (Fsp3) is 0.333. The van der Waals surface area contributed by atoms with Gasteiger partial charge in [-0.3, -0.25) is 9.59 Å². The van der Waals surface area contributed by atoms with E-state index in [-0.39, 0.29) is 30.0 Å². The Bertz CT molecular complexity index is 1170. The van der Waals surface area contributed by atoms with Crippen LogP contribution in [0.5, 0.6) is 0 Å². The molecule has 0 aliphatic heterocycles. The molecule has 1 atom stereocenters. The van der Waals surface area contributed by atoms with E-state index in [2.05, 4.69) is 30.4 Å². The number of rotatable bonds is 12. The van der Waals surface area contributed by atoms with Crippen molar-refractivity contribution in [3.63, 3.8) is 0 Å². The molecule has 0 saturated heterocycles. The molecule has 0 aliphatic rings. The van der Waals surface area contributed by atoms with Crippen LogP contribution < -0.4 is 5.32 Å². The van der Waals surface area contributed by atoms with Crippen LogP contribution >= 0.6 is 35.0 Å². The van der Waals surface area contributed by atoms with Crippen molar-refractivity contribution in [3.05, 3.63) is 105 Å². The highest BCUT2D eigenvalue weighted by Gasteiger charge is 2.31. The second-order valence-corrected chi connectivity index (χ2v) is 11.3. The van der Waals surface area contributed by atoms with Gasteiger partial charge >= 0.3 is 0 Å². The highest BCUT2D eigenvalue weighted by Crippen LogP contribution is 2.28. The highest BCUT2D eigenvalue weighted by atomic mass is 35.5. The fourth-order valence-electron chi connectivity index (χ4n) is 3.97. The van der Waals surface area contributed by atoms with Gasteiger partial charge in [0.15, 0.2) is 0 Å². The molecule has 0 aliphatic carbocycles. The van der Waals surface area contributed by atoms with Gasteiger partial charge in [-0.15, -0.1) is 11.8 Å². The van der Waals surface area contributed by atoms with E-state index < -0.39 is 6.04 Å². The van der Waals surface area contributed by atoms with Crippen molar-refractivity contribution in [2.75, 3.05) is 12.3 Å². The van der Waals surface area contributed by atoms with Gasteiger partial charge in [-0.25, -0.2) is 0 Å². The van der Waals surface area contributed by atoms with Crippen LogP contribution in [0.25, 0.3) is 0 Å². The molecule has 0 fully saturated rings. The quantitative estimate of drug-likeness (QED) is 0.262. The van der Waals surface area contributed by atoms with Crippen LogP contribution in [0.15, 0.2) is 72.8 Å². The number of aryl methyl sites for hydroxylation is 1. The summed E-state index contributed by atoms with van der Waals surface area (Å²) in [6.45, 7) is 6.82. The molecule has 7 heteroatoms. The maximum absolute atomic E-state index is 13.7. The third-order valence-electron chi connectivity index (χ3n) is 5.92. The molecule has 0 saturated carbocycles. The highest BCUT2D eigenvalue weighted by molar-refractivity contribution is 7.99. The number of hydrogen-bond acceptors (Lipinski definition) is 3. The summed E-state index contributed by atoms with van der Waals surface area (Å²) in [7, 11) is 0. The zero-order valence-corrected chi connectivity index (χ0v) is 23.9. The Balaban J connectivity index is 1.89. The van der Waals surface area contributed by atoms with Crippen LogP contribution in [-0.4, -0.2) is 35.1 Å². The predicted molar refractivity (Wildman–Crippen MR) is 156 cm³/mol. The average Bonchev–Trinajstić information content (AvgIpc) is 2.86. The molecule has 0 bridgehead atoms. The van der Waals surface area contributed by atoms with Crippen molar-refractivity contribution < 1.29 is 9.59 Å². The van der Waals surface area contributed by atoms with Crippen molar-refractivity contribution in [2.24, 2.45) is 5.92 Å². The second-order valence-electron chi connectivity index (χ2n) is 9.55. The Morgan fingerprint density at radius 1 is 0.919 bits per heavy atom. The summed E-state index contributed by atoms with van der Waals surface area (Å²) in [4.78, 5) is 28.9. The first-order valence-corrected chi connectivity index (χ1v) is 14.3. The smallest absolute Gasteiger partial charge is 0.243 e. The molecule has 37 heavy (non-hydrogen) atoms. The van der Waals surface area contributed by atoms with E-state index >= 15 is 0 Å². The number of halogens is 2. The van der Waals surface area contributed by atoms with Gasteiger partial charge in [0.25, 0.3) is 0 Å². The molecule has 3 aromatic rings. The summed E-state index contributed by atoms with van der Waals surface area (Å²) < 4.78 is 0. The van der Waals surface area contributed by atoms with E-state index in [4.69, 9.17) is 23.2 Å². The Hall–Kier alpha value is -2.47. The van der Waals surface area contributed by atoms with Crippen molar-refractivity contribution in [3.8, 4) is 0 Å². The second kappa shape index (κ2) is 14.5. The lowest BCUT2D eigenvalue weighted by atomic mass is 10.0. The summed E-state index contributed by atoms with van der Waals surface area (Å²) in [5.41, 5.74) is 3.96. The molecule has 2 amide bonds. The molecule has 4 nitrogen and oxygen atoms in total. The van der Waals surface area contributed by atoms with Crippen LogP contribution in [0.1, 0.15) is 36.1 Å².